The average molecular weight is 238 g/mol. The van der Waals surface area contributed by atoms with Crippen LogP contribution >= 0.6 is 0 Å². The molecule has 4 N–H and O–H groups in total. The van der Waals surface area contributed by atoms with Gasteiger partial charge >= 0.3 is 0 Å². The summed E-state index contributed by atoms with van der Waals surface area (Å²) in [5.74, 6) is 0.584. The number of carbonyl (C=O) groups is 1. The van der Waals surface area contributed by atoms with Gasteiger partial charge < -0.3 is 21.1 Å². The third-order valence-corrected chi connectivity index (χ3v) is 2.11. The third kappa shape index (κ3) is 5.17. The number of nitrogen functional groups attached to an aromatic ring is 1. The zero-order chi connectivity index (χ0) is 12.5. The van der Waals surface area contributed by atoms with Crippen molar-refractivity contribution in [1.82, 2.24) is 10.3 Å². The molecule has 0 bridgehead atoms. The molecule has 0 aliphatic heterocycles. The van der Waals surface area contributed by atoms with E-state index < -0.39 is 0 Å². The van der Waals surface area contributed by atoms with E-state index in [2.05, 4.69) is 15.6 Å². The second-order valence-electron chi connectivity index (χ2n) is 3.46. The zero-order valence-corrected chi connectivity index (χ0v) is 9.90. The summed E-state index contributed by atoms with van der Waals surface area (Å²) in [6, 6.07) is 3.52. The van der Waals surface area contributed by atoms with E-state index >= 15 is 0 Å². The van der Waals surface area contributed by atoms with Crippen molar-refractivity contribution in [2.75, 3.05) is 37.9 Å². The van der Waals surface area contributed by atoms with Crippen LogP contribution in [0.1, 0.15) is 6.42 Å². The van der Waals surface area contributed by atoms with Gasteiger partial charge in [0.25, 0.3) is 0 Å². The summed E-state index contributed by atoms with van der Waals surface area (Å²) in [5, 5.41) is 5.73. The molecule has 1 heterocycles. The topological polar surface area (TPSA) is 89.3 Å². The molecular weight excluding hydrogens is 220 g/mol. The Balaban J connectivity index is 2.19. The smallest absolute Gasteiger partial charge is 0.221 e. The Labute approximate surface area is 101 Å². The molecule has 1 amide bonds. The van der Waals surface area contributed by atoms with Crippen molar-refractivity contribution in [3.05, 3.63) is 18.3 Å². The lowest BCUT2D eigenvalue weighted by molar-refractivity contribution is -0.121. The van der Waals surface area contributed by atoms with Gasteiger partial charge in [0.2, 0.25) is 5.91 Å². The maximum Gasteiger partial charge on any atom is 0.221 e. The van der Waals surface area contributed by atoms with E-state index in [1.807, 2.05) is 0 Å². The van der Waals surface area contributed by atoms with Crippen molar-refractivity contribution in [1.29, 1.82) is 0 Å². The molecule has 0 saturated heterocycles. The van der Waals surface area contributed by atoms with Crippen LogP contribution in [0.3, 0.4) is 0 Å². The van der Waals surface area contributed by atoms with Crippen LogP contribution in [0.25, 0.3) is 0 Å². The summed E-state index contributed by atoms with van der Waals surface area (Å²) < 4.78 is 4.82. The summed E-state index contributed by atoms with van der Waals surface area (Å²) in [4.78, 5) is 15.4. The molecular formula is C11H18N4O2. The lowest BCUT2D eigenvalue weighted by Gasteiger charge is -2.08. The number of amides is 1. The van der Waals surface area contributed by atoms with Crippen LogP contribution in [0.4, 0.5) is 11.5 Å². The van der Waals surface area contributed by atoms with E-state index in [9.17, 15) is 4.79 Å². The van der Waals surface area contributed by atoms with Crippen molar-refractivity contribution < 1.29 is 9.53 Å². The van der Waals surface area contributed by atoms with E-state index in [-0.39, 0.29) is 5.91 Å². The van der Waals surface area contributed by atoms with E-state index in [0.717, 1.165) is 0 Å². The van der Waals surface area contributed by atoms with Gasteiger partial charge in [-0.1, -0.05) is 0 Å². The quantitative estimate of drug-likeness (QED) is 0.592. The van der Waals surface area contributed by atoms with Crippen LogP contribution < -0.4 is 16.4 Å². The molecule has 0 spiro atoms. The number of aromatic nitrogens is 1. The van der Waals surface area contributed by atoms with Crippen molar-refractivity contribution in [3.63, 3.8) is 0 Å². The summed E-state index contributed by atoms with van der Waals surface area (Å²) in [7, 11) is 1.59. The van der Waals surface area contributed by atoms with E-state index in [4.69, 9.17) is 10.5 Å². The van der Waals surface area contributed by atoms with Crippen LogP contribution in [0.5, 0.6) is 0 Å². The van der Waals surface area contributed by atoms with Crippen LogP contribution in [0.2, 0.25) is 0 Å². The minimum absolute atomic E-state index is 0.0240. The Hall–Kier alpha value is -1.82. The van der Waals surface area contributed by atoms with E-state index in [1.54, 1.807) is 25.4 Å². The molecule has 0 unspecified atom stereocenters. The molecule has 0 aromatic carbocycles. The van der Waals surface area contributed by atoms with Crippen LogP contribution in [-0.4, -0.2) is 37.7 Å². The molecule has 1 aromatic rings. The number of hydrogen-bond donors (Lipinski definition) is 3. The predicted octanol–water partition coefficient (Wildman–Crippen LogP) is 0.228. The highest BCUT2D eigenvalue weighted by atomic mass is 16.5. The maximum absolute atomic E-state index is 11.3. The van der Waals surface area contributed by atoms with Crippen LogP contribution in [0, 0.1) is 0 Å². The largest absolute Gasteiger partial charge is 0.396 e. The van der Waals surface area contributed by atoms with Gasteiger partial charge in [-0.2, -0.15) is 0 Å². The number of nitrogens with two attached hydrogens (primary N) is 1. The van der Waals surface area contributed by atoms with Crippen molar-refractivity contribution in [2.45, 2.75) is 6.42 Å². The van der Waals surface area contributed by atoms with Gasteiger partial charge in [-0.25, -0.2) is 4.98 Å². The Morgan fingerprint density at radius 3 is 3.06 bits per heavy atom. The van der Waals surface area contributed by atoms with Crippen LogP contribution in [0.15, 0.2) is 18.3 Å². The number of pyridine rings is 1. The Morgan fingerprint density at radius 2 is 2.35 bits per heavy atom. The second kappa shape index (κ2) is 7.45. The van der Waals surface area contributed by atoms with Crippen LogP contribution in [-0.2, 0) is 9.53 Å². The number of anilines is 2. The highest BCUT2D eigenvalue weighted by Gasteiger charge is 2.02. The molecule has 0 aliphatic carbocycles. The average Bonchev–Trinajstić information content (AvgIpc) is 2.32. The second-order valence-corrected chi connectivity index (χ2v) is 3.46. The first-order valence-corrected chi connectivity index (χ1v) is 5.44. The number of methoxy groups -OCH3 is 1. The lowest BCUT2D eigenvalue weighted by atomic mass is 10.3. The van der Waals surface area contributed by atoms with Gasteiger partial charge in [0.05, 0.1) is 12.3 Å². The highest BCUT2D eigenvalue weighted by molar-refractivity contribution is 5.76. The van der Waals surface area contributed by atoms with Gasteiger partial charge in [-0.15, -0.1) is 0 Å². The number of nitrogens with one attached hydrogen (secondary N) is 2. The third-order valence-electron chi connectivity index (χ3n) is 2.11. The molecule has 0 fully saturated rings. The van der Waals surface area contributed by atoms with Crippen molar-refractivity contribution in [2.24, 2.45) is 0 Å². The standard InChI is InChI=1S/C11H18N4O2/c1-17-8-7-13-10(16)4-6-15-11-9(12)3-2-5-14-11/h2-3,5H,4,6-8,12H2,1H3,(H,13,16)(H,14,15). The van der Waals surface area contributed by atoms with Gasteiger partial charge in [0.1, 0.15) is 5.82 Å². The number of hydrogen-bond acceptors (Lipinski definition) is 5. The Morgan fingerprint density at radius 1 is 1.53 bits per heavy atom. The first-order chi connectivity index (χ1) is 8.24. The van der Waals surface area contributed by atoms with Gasteiger partial charge in [-0.05, 0) is 12.1 Å². The molecule has 1 rings (SSSR count). The van der Waals surface area contributed by atoms with Crippen molar-refractivity contribution in [3.8, 4) is 0 Å². The fraction of sp³-hybridized carbons (Fsp3) is 0.455. The molecule has 6 nitrogen and oxygen atoms in total. The van der Waals surface area contributed by atoms with Gasteiger partial charge in [0, 0.05) is 32.8 Å². The fourth-order valence-corrected chi connectivity index (χ4v) is 1.24. The monoisotopic (exact) mass is 238 g/mol. The molecule has 0 aliphatic rings. The maximum atomic E-state index is 11.3. The summed E-state index contributed by atoms with van der Waals surface area (Å²) in [6.45, 7) is 1.55. The number of carbonyl (C=O) groups excluding carboxylic acids is 1. The Kier molecular flexibility index (Phi) is 5.81. The van der Waals surface area contributed by atoms with Gasteiger partial charge in [0.15, 0.2) is 0 Å². The molecule has 6 heteroatoms. The molecule has 0 radical (unpaired) electrons. The first kappa shape index (κ1) is 13.2. The normalized spacial score (nSPS) is 9.94. The van der Waals surface area contributed by atoms with Crippen molar-refractivity contribution >= 4 is 17.4 Å². The lowest BCUT2D eigenvalue weighted by Crippen LogP contribution is -2.28. The number of rotatable bonds is 7. The van der Waals surface area contributed by atoms with E-state index in [1.165, 1.54) is 0 Å². The highest BCUT2D eigenvalue weighted by Crippen LogP contribution is 2.12. The zero-order valence-electron chi connectivity index (χ0n) is 9.90. The minimum atomic E-state index is -0.0240. The minimum Gasteiger partial charge on any atom is -0.396 e. The predicted molar refractivity (Wildman–Crippen MR) is 66.6 cm³/mol. The first-order valence-electron chi connectivity index (χ1n) is 5.44. The summed E-state index contributed by atoms with van der Waals surface area (Å²) >= 11 is 0. The van der Waals surface area contributed by atoms with E-state index in [0.29, 0.717) is 37.6 Å². The molecule has 0 saturated carbocycles. The molecule has 0 atom stereocenters. The SMILES string of the molecule is COCCNC(=O)CCNc1ncccc1N. The summed E-state index contributed by atoms with van der Waals surface area (Å²) in [6.07, 6.45) is 2.02. The molecule has 1 aromatic heterocycles. The summed E-state index contributed by atoms with van der Waals surface area (Å²) in [5.41, 5.74) is 6.27. The Bertz CT molecular complexity index is 357. The van der Waals surface area contributed by atoms with Gasteiger partial charge in [-0.3, -0.25) is 4.79 Å². The fourth-order valence-electron chi connectivity index (χ4n) is 1.24. The number of nitrogens with zero attached hydrogens (tertiary/aromatic N) is 1. The molecule has 94 valence electrons. The number of ether oxygens (including phenoxy) is 1. The molecule has 17 heavy (non-hydrogen) atoms.